The van der Waals surface area contributed by atoms with Crippen LogP contribution >= 0.6 is 0 Å². The predicted octanol–water partition coefficient (Wildman–Crippen LogP) is -2.59. The second-order valence-corrected chi connectivity index (χ2v) is 7.78. The molecule has 0 saturated carbocycles. The van der Waals surface area contributed by atoms with Gasteiger partial charge in [0.1, 0.15) is 12.7 Å². The van der Waals surface area contributed by atoms with Crippen LogP contribution in [0.3, 0.4) is 0 Å². The number of nitrogens with zero attached hydrogens (tertiary/aromatic N) is 8. The lowest BCUT2D eigenvalue weighted by atomic mass is 10.2. The number of anilines is 1. The third-order valence-electron chi connectivity index (χ3n) is 4.21. The van der Waals surface area contributed by atoms with Crippen molar-refractivity contribution in [1.82, 2.24) is 28.8 Å². The quantitative estimate of drug-likeness (QED) is 0.405. The molecular weight excluding hydrogens is 378 g/mol. The van der Waals surface area contributed by atoms with Crippen molar-refractivity contribution in [3.8, 4) is 0 Å². The number of nitrogen functional groups attached to an aromatic ring is 1. The molecule has 0 bridgehead atoms. The number of hydrogen-bond donors (Lipinski definition) is 1. The first-order valence-corrected chi connectivity index (χ1v) is 9.56. The lowest BCUT2D eigenvalue weighted by Crippen LogP contribution is -2.68. The van der Waals surface area contributed by atoms with Gasteiger partial charge in [-0.25, -0.2) is 15.0 Å². The maximum Gasteiger partial charge on any atom is 0.381 e. The summed E-state index contributed by atoms with van der Waals surface area (Å²) in [6.07, 6.45) is 2.39. The van der Waals surface area contributed by atoms with Gasteiger partial charge in [-0.3, -0.25) is 9.32 Å². The highest BCUT2D eigenvalue weighted by Gasteiger charge is 2.40. The molecule has 0 amide bonds. The number of ketones is 1. The second-order valence-electron chi connectivity index (χ2n) is 5.74. The van der Waals surface area contributed by atoms with Crippen LogP contribution < -0.4 is 15.5 Å². The van der Waals surface area contributed by atoms with Crippen molar-refractivity contribution < 1.29 is 22.5 Å². The lowest BCUT2D eigenvalue weighted by Gasteiger charge is -2.32. The molecule has 0 atom stereocenters. The largest absolute Gasteiger partial charge is 0.381 e. The summed E-state index contributed by atoms with van der Waals surface area (Å²) in [4.78, 5) is 25.2. The van der Waals surface area contributed by atoms with Gasteiger partial charge in [0.2, 0.25) is 11.1 Å². The smallest absolute Gasteiger partial charge is 0.361 e. The van der Waals surface area contributed by atoms with Crippen LogP contribution in [-0.4, -0.2) is 82.8 Å². The number of carbonyl (C=O) groups excluding carboxylic acids is 1. The summed E-state index contributed by atoms with van der Waals surface area (Å²) in [5, 5.41) is 5.47. The average molecular weight is 398 g/mol. The van der Waals surface area contributed by atoms with E-state index in [1.54, 1.807) is 11.9 Å². The van der Waals surface area contributed by atoms with Crippen molar-refractivity contribution in [2.75, 3.05) is 50.5 Å². The van der Waals surface area contributed by atoms with Gasteiger partial charge in [0, 0.05) is 26.7 Å². The maximum atomic E-state index is 12.7. The van der Waals surface area contributed by atoms with Crippen LogP contribution in [0.1, 0.15) is 23.2 Å². The molecule has 0 aromatic carbocycles. The first kappa shape index (κ1) is 19.1. The van der Waals surface area contributed by atoms with Crippen LogP contribution in [0.4, 0.5) is 5.88 Å². The molecule has 0 unspecified atom stereocenters. The number of aromatic nitrogens is 5. The Labute approximate surface area is 155 Å². The fourth-order valence-electron chi connectivity index (χ4n) is 2.58. The Morgan fingerprint density at radius 2 is 1.93 bits per heavy atom. The molecule has 2 aromatic heterocycles. The van der Waals surface area contributed by atoms with Gasteiger partial charge >= 0.3 is 17.4 Å². The molecule has 146 valence electrons. The topological polar surface area (TPSA) is 156 Å². The zero-order chi connectivity index (χ0) is 19.6. The standard InChI is InChI=1S/C13H19N9O4S/c1-3-19(2)27(24,25)21-6-4-20(5-7-21)22-10(12(14)26-18-22)11(23)13-16-8-15-9-17-13/h8-9H,3-7H2,1-2H3,(H-,14,18,23)/p+1. The third kappa shape index (κ3) is 3.58. The summed E-state index contributed by atoms with van der Waals surface area (Å²) in [5.74, 6) is -0.850. The molecule has 0 radical (unpaired) electrons. The Kier molecular flexibility index (Phi) is 5.29. The predicted molar refractivity (Wildman–Crippen MR) is 91.1 cm³/mol. The van der Waals surface area contributed by atoms with E-state index in [9.17, 15) is 13.2 Å². The van der Waals surface area contributed by atoms with Gasteiger partial charge in [-0.2, -0.15) is 17.0 Å². The molecule has 2 aromatic rings. The molecule has 27 heavy (non-hydrogen) atoms. The minimum atomic E-state index is -3.51. The average Bonchev–Trinajstić information content (AvgIpc) is 3.08. The van der Waals surface area contributed by atoms with E-state index in [0.29, 0.717) is 19.6 Å². The molecule has 3 heterocycles. The highest BCUT2D eigenvalue weighted by molar-refractivity contribution is 7.86. The molecule has 1 aliphatic rings. The van der Waals surface area contributed by atoms with E-state index in [0.717, 1.165) is 0 Å². The minimum Gasteiger partial charge on any atom is -0.361 e. The van der Waals surface area contributed by atoms with Crippen molar-refractivity contribution in [2.45, 2.75) is 6.92 Å². The summed E-state index contributed by atoms with van der Waals surface area (Å²) in [5.41, 5.74) is 5.73. The van der Waals surface area contributed by atoms with E-state index in [-0.39, 0.29) is 30.5 Å². The van der Waals surface area contributed by atoms with Crippen molar-refractivity contribution in [2.24, 2.45) is 0 Å². The molecule has 3 rings (SSSR count). The Bertz CT molecular complexity index is 909. The van der Waals surface area contributed by atoms with E-state index in [1.165, 1.54) is 33.1 Å². The van der Waals surface area contributed by atoms with E-state index in [4.69, 9.17) is 10.3 Å². The highest BCUT2D eigenvalue weighted by atomic mass is 32.2. The normalized spacial score (nSPS) is 16.0. The lowest BCUT2D eigenvalue weighted by molar-refractivity contribution is -0.760. The maximum absolute atomic E-state index is 12.7. The summed E-state index contributed by atoms with van der Waals surface area (Å²) in [6, 6.07) is 0. The van der Waals surface area contributed by atoms with E-state index >= 15 is 0 Å². The van der Waals surface area contributed by atoms with Crippen LogP contribution in [0.15, 0.2) is 17.2 Å². The van der Waals surface area contributed by atoms with Crippen molar-refractivity contribution in [3.05, 3.63) is 24.2 Å². The molecule has 1 aliphatic heterocycles. The molecule has 1 fully saturated rings. The first-order chi connectivity index (χ1) is 12.9. The monoisotopic (exact) mass is 398 g/mol. The highest BCUT2D eigenvalue weighted by Crippen LogP contribution is 2.12. The molecule has 0 aliphatic carbocycles. The van der Waals surface area contributed by atoms with Gasteiger partial charge in [0.25, 0.3) is 10.2 Å². The fraction of sp³-hybridized carbons (Fsp3) is 0.538. The molecule has 1 saturated heterocycles. The fourth-order valence-corrected chi connectivity index (χ4v) is 3.93. The second kappa shape index (κ2) is 7.50. The van der Waals surface area contributed by atoms with Crippen molar-refractivity contribution in [1.29, 1.82) is 0 Å². The molecule has 14 heteroatoms. The van der Waals surface area contributed by atoms with E-state index < -0.39 is 16.0 Å². The van der Waals surface area contributed by atoms with Crippen LogP contribution in [0.2, 0.25) is 0 Å². The van der Waals surface area contributed by atoms with Gasteiger partial charge in [-0.05, 0) is 0 Å². The van der Waals surface area contributed by atoms with E-state index in [1.807, 2.05) is 0 Å². The van der Waals surface area contributed by atoms with Gasteiger partial charge in [0.05, 0.1) is 17.9 Å². The number of piperazine rings is 1. The molecule has 13 nitrogen and oxygen atoms in total. The van der Waals surface area contributed by atoms with Gasteiger partial charge in [0.15, 0.2) is 0 Å². The number of hydrogen-bond acceptors (Lipinski definition) is 10. The van der Waals surface area contributed by atoms with Crippen LogP contribution in [0, 0.1) is 0 Å². The Morgan fingerprint density at radius 1 is 1.30 bits per heavy atom. The van der Waals surface area contributed by atoms with Crippen LogP contribution in [0.25, 0.3) is 0 Å². The Balaban J connectivity index is 1.79. The molecular formula is C13H20N9O4S+. The zero-order valence-corrected chi connectivity index (χ0v) is 15.7. The Morgan fingerprint density at radius 3 is 2.52 bits per heavy atom. The summed E-state index contributed by atoms with van der Waals surface area (Å²) in [6.45, 7) is 3.19. The summed E-state index contributed by atoms with van der Waals surface area (Å²) in [7, 11) is -1.99. The van der Waals surface area contributed by atoms with Crippen molar-refractivity contribution >= 4 is 21.9 Å². The van der Waals surface area contributed by atoms with Gasteiger partial charge < -0.3 is 5.73 Å². The van der Waals surface area contributed by atoms with Gasteiger partial charge in [-0.1, -0.05) is 6.92 Å². The number of rotatable bonds is 6. The van der Waals surface area contributed by atoms with E-state index in [2.05, 4.69) is 20.2 Å². The first-order valence-electron chi connectivity index (χ1n) is 8.17. The zero-order valence-electron chi connectivity index (χ0n) is 14.9. The summed E-state index contributed by atoms with van der Waals surface area (Å²) < 4.78 is 32.5. The summed E-state index contributed by atoms with van der Waals surface area (Å²) >= 11 is 0. The van der Waals surface area contributed by atoms with Crippen LogP contribution in [0.5, 0.6) is 0 Å². The molecule has 2 N–H and O–H groups in total. The Hall–Kier alpha value is -2.71. The van der Waals surface area contributed by atoms with Crippen molar-refractivity contribution in [3.63, 3.8) is 0 Å². The SMILES string of the molecule is CCN(C)S(=O)(=O)N1CCN([n+]2noc(N)c2C(=O)c2ncncn2)CC1. The minimum absolute atomic E-state index is 0.0248. The number of carbonyl (C=O) groups is 1. The van der Waals surface area contributed by atoms with Crippen LogP contribution in [-0.2, 0) is 10.2 Å². The third-order valence-corrected chi connectivity index (χ3v) is 6.27. The van der Waals surface area contributed by atoms with Gasteiger partial charge in [-0.15, -0.1) is 5.01 Å². The number of nitrogens with two attached hydrogens (primary N) is 1. The molecule has 0 spiro atoms.